The predicted octanol–water partition coefficient (Wildman–Crippen LogP) is 0.202. The van der Waals surface area contributed by atoms with Gasteiger partial charge < -0.3 is 10.2 Å². The number of thiophene rings is 1. The summed E-state index contributed by atoms with van der Waals surface area (Å²) in [5.74, 6) is -3.94. The van der Waals surface area contributed by atoms with Crippen molar-refractivity contribution < 1.29 is 28.2 Å². The molecule has 1 aromatic heterocycles. The van der Waals surface area contributed by atoms with E-state index in [1.54, 1.807) is 11.4 Å². The molecule has 1 unspecified atom stereocenters. The molecule has 100 valence electrons. The molecular weight excluding hydrogens is 282 g/mol. The van der Waals surface area contributed by atoms with Crippen molar-refractivity contribution in [3.05, 3.63) is 17.5 Å². The Morgan fingerprint density at radius 2 is 2.06 bits per heavy atom. The van der Waals surface area contributed by atoms with Gasteiger partial charge in [0.05, 0.1) is 12.3 Å². The SMILES string of the molecule is O=C(O)CC(CNS(=O)(=O)c1cccs1)C(=O)O. The normalized spacial score (nSPS) is 13.1. The number of hydrogen-bond acceptors (Lipinski definition) is 5. The molecule has 1 rings (SSSR count). The first-order valence-electron chi connectivity index (χ1n) is 4.80. The Hall–Kier alpha value is -1.45. The van der Waals surface area contributed by atoms with Crippen molar-refractivity contribution in [3.8, 4) is 0 Å². The minimum Gasteiger partial charge on any atom is -0.481 e. The van der Waals surface area contributed by atoms with Crippen molar-refractivity contribution in [1.29, 1.82) is 0 Å². The van der Waals surface area contributed by atoms with Crippen LogP contribution in [-0.2, 0) is 19.6 Å². The summed E-state index contributed by atoms with van der Waals surface area (Å²) in [5, 5.41) is 18.8. The number of hydrogen-bond donors (Lipinski definition) is 3. The monoisotopic (exact) mass is 293 g/mol. The van der Waals surface area contributed by atoms with Gasteiger partial charge in [-0.2, -0.15) is 0 Å². The van der Waals surface area contributed by atoms with Gasteiger partial charge in [-0.05, 0) is 11.4 Å². The second-order valence-corrected chi connectivity index (χ2v) is 6.36. The molecule has 0 radical (unpaired) electrons. The van der Waals surface area contributed by atoms with E-state index in [4.69, 9.17) is 10.2 Å². The lowest BCUT2D eigenvalue weighted by atomic mass is 10.1. The summed E-state index contributed by atoms with van der Waals surface area (Å²) < 4.78 is 25.5. The first kappa shape index (κ1) is 14.6. The molecule has 0 spiro atoms. The van der Waals surface area contributed by atoms with Crippen LogP contribution in [0.3, 0.4) is 0 Å². The fourth-order valence-corrected chi connectivity index (χ4v) is 3.27. The van der Waals surface area contributed by atoms with Gasteiger partial charge in [0.1, 0.15) is 4.21 Å². The van der Waals surface area contributed by atoms with Crippen molar-refractivity contribution in [1.82, 2.24) is 4.72 Å². The molecule has 9 heteroatoms. The van der Waals surface area contributed by atoms with Crippen LogP contribution in [0.25, 0.3) is 0 Å². The van der Waals surface area contributed by atoms with E-state index in [2.05, 4.69) is 4.72 Å². The van der Waals surface area contributed by atoms with E-state index in [0.29, 0.717) is 0 Å². The van der Waals surface area contributed by atoms with E-state index >= 15 is 0 Å². The summed E-state index contributed by atoms with van der Waals surface area (Å²) in [5.41, 5.74) is 0. The van der Waals surface area contributed by atoms with Crippen LogP contribution in [0.15, 0.2) is 21.7 Å². The first-order valence-corrected chi connectivity index (χ1v) is 7.17. The second-order valence-electron chi connectivity index (χ2n) is 3.42. The molecule has 1 aromatic rings. The fraction of sp³-hybridized carbons (Fsp3) is 0.333. The molecular formula is C9H11NO6S2. The van der Waals surface area contributed by atoms with Crippen LogP contribution in [0.1, 0.15) is 6.42 Å². The van der Waals surface area contributed by atoms with Crippen molar-refractivity contribution in [2.75, 3.05) is 6.54 Å². The molecule has 0 aromatic carbocycles. The molecule has 1 atom stereocenters. The Balaban J connectivity index is 2.68. The Kier molecular flexibility index (Phi) is 4.82. The van der Waals surface area contributed by atoms with Crippen LogP contribution >= 0.6 is 11.3 Å². The molecule has 1 heterocycles. The van der Waals surface area contributed by atoms with Crippen LogP contribution in [0.2, 0.25) is 0 Å². The van der Waals surface area contributed by atoms with Gasteiger partial charge in [0.15, 0.2) is 0 Å². The lowest BCUT2D eigenvalue weighted by Crippen LogP contribution is -2.33. The fourth-order valence-electron chi connectivity index (χ4n) is 1.16. The lowest BCUT2D eigenvalue weighted by molar-refractivity contribution is -0.147. The van der Waals surface area contributed by atoms with Gasteiger partial charge in [-0.25, -0.2) is 13.1 Å². The zero-order valence-corrected chi connectivity index (χ0v) is 10.7. The summed E-state index contributed by atoms with van der Waals surface area (Å²) in [6.45, 7) is -0.456. The van der Waals surface area contributed by atoms with Crippen LogP contribution in [-0.4, -0.2) is 37.1 Å². The first-order chi connectivity index (χ1) is 8.33. The highest BCUT2D eigenvalue weighted by molar-refractivity contribution is 7.91. The smallest absolute Gasteiger partial charge is 0.308 e. The third kappa shape index (κ3) is 4.09. The van der Waals surface area contributed by atoms with Crippen molar-refractivity contribution in [2.24, 2.45) is 5.92 Å². The minimum atomic E-state index is -3.77. The van der Waals surface area contributed by atoms with E-state index in [1.807, 2.05) is 0 Å². The average molecular weight is 293 g/mol. The van der Waals surface area contributed by atoms with E-state index in [0.717, 1.165) is 11.3 Å². The molecule has 0 saturated carbocycles. The molecule has 0 amide bonds. The van der Waals surface area contributed by atoms with Gasteiger partial charge in [-0.1, -0.05) is 6.07 Å². The predicted molar refractivity (Wildman–Crippen MR) is 62.9 cm³/mol. The highest BCUT2D eigenvalue weighted by atomic mass is 32.2. The van der Waals surface area contributed by atoms with Gasteiger partial charge in [-0.15, -0.1) is 11.3 Å². The number of carboxylic acid groups (broad SMARTS) is 2. The van der Waals surface area contributed by atoms with E-state index in [9.17, 15) is 18.0 Å². The van der Waals surface area contributed by atoms with Crippen LogP contribution in [0.4, 0.5) is 0 Å². The van der Waals surface area contributed by atoms with E-state index < -0.39 is 40.8 Å². The second kappa shape index (κ2) is 5.94. The molecule has 0 bridgehead atoms. The number of carboxylic acids is 2. The summed E-state index contributed by atoms with van der Waals surface area (Å²) in [7, 11) is -3.77. The van der Waals surface area contributed by atoms with Crippen LogP contribution < -0.4 is 4.72 Å². The Morgan fingerprint density at radius 3 is 2.50 bits per heavy atom. The number of carbonyl (C=O) groups is 2. The number of nitrogens with one attached hydrogen (secondary N) is 1. The highest BCUT2D eigenvalue weighted by Gasteiger charge is 2.24. The van der Waals surface area contributed by atoms with Gasteiger partial charge in [0.2, 0.25) is 10.0 Å². The maximum atomic E-state index is 11.7. The van der Waals surface area contributed by atoms with Gasteiger partial charge in [0.25, 0.3) is 0 Å². The maximum Gasteiger partial charge on any atom is 0.308 e. The van der Waals surface area contributed by atoms with Crippen molar-refractivity contribution >= 4 is 33.3 Å². The molecule has 3 N–H and O–H groups in total. The van der Waals surface area contributed by atoms with E-state index in [-0.39, 0.29) is 4.21 Å². The molecule has 0 aliphatic rings. The van der Waals surface area contributed by atoms with Crippen LogP contribution in [0.5, 0.6) is 0 Å². The zero-order chi connectivity index (χ0) is 13.8. The molecule has 0 saturated heterocycles. The third-order valence-corrected chi connectivity index (χ3v) is 4.87. The Labute approximate surface area is 107 Å². The van der Waals surface area contributed by atoms with Gasteiger partial charge in [-0.3, -0.25) is 9.59 Å². The number of rotatable bonds is 7. The van der Waals surface area contributed by atoms with Crippen molar-refractivity contribution in [3.63, 3.8) is 0 Å². The summed E-state index contributed by atoms with van der Waals surface area (Å²) in [6.07, 6.45) is -0.637. The largest absolute Gasteiger partial charge is 0.481 e. The standard InChI is InChI=1S/C9H11NO6S2/c11-7(12)4-6(9(13)14)5-10-18(15,16)8-2-1-3-17-8/h1-3,6,10H,4-5H2,(H,11,12)(H,13,14). The minimum absolute atomic E-state index is 0.0574. The summed E-state index contributed by atoms with van der Waals surface area (Å²) >= 11 is 0.990. The number of sulfonamides is 1. The van der Waals surface area contributed by atoms with E-state index in [1.165, 1.54) is 6.07 Å². The summed E-state index contributed by atoms with van der Waals surface area (Å²) in [4.78, 5) is 21.2. The zero-order valence-electron chi connectivity index (χ0n) is 9.07. The van der Waals surface area contributed by atoms with Gasteiger partial charge >= 0.3 is 11.9 Å². The summed E-state index contributed by atoms with van der Waals surface area (Å²) in [6, 6.07) is 2.92. The topological polar surface area (TPSA) is 121 Å². The van der Waals surface area contributed by atoms with Gasteiger partial charge in [0, 0.05) is 6.54 Å². The third-order valence-electron chi connectivity index (χ3n) is 2.05. The Morgan fingerprint density at radius 1 is 1.39 bits per heavy atom. The lowest BCUT2D eigenvalue weighted by Gasteiger charge is -2.10. The Bertz CT molecular complexity index is 521. The molecule has 0 fully saturated rings. The number of aliphatic carboxylic acids is 2. The molecule has 0 aliphatic carbocycles. The molecule has 18 heavy (non-hydrogen) atoms. The molecule has 0 aliphatic heterocycles. The molecule has 7 nitrogen and oxygen atoms in total. The van der Waals surface area contributed by atoms with Crippen molar-refractivity contribution in [2.45, 2.75) is 10.6 Å². The average Bonchev–Trinajstić information content (AvgIpc) is 2.77. The van der Waals surface area contributed by atoms with Crippen LogP contribution in [0, 0.1) is 5.92 Å². The highest BCUT2D eigenvalue weighted by Crippen LogP contribution is 2.15. The maximum absolute atomic E-state index is 11.7. The quantitative estimate of drug-likeness (QED) is 0.660.